The van der Waals surface area contributed by atoms with Crippen molar-refractivity contribution in [3.63, 3.8) is 0 Å². The third-order valence-electron chi connectivity index (χ3n) is 7.07. The van der Waals surface area contributed by atoms with Crippen LogP contribution in [0.4, 0.5) is 11.6 Å². The van der Waals surface area contributed by atoms with Crippen LogP contribution in [-0.4, -0.2) is 71.7 Å². The van der Waals surface area contributed by atoms with Crippen molar-refractivity contribution in [2.75, 3.05) is 24.7 Å². The van der Waals surface area contributed by atoms with Crippen molar-refractivity contribution in [2.45, 2.75) is 49.7 Å². The predicted molar refractivity (Wildman–Crippen MR) is 158 cm³/mol. The molecule has 2 unspecified atom stereocenters. The van der Waals surface area contributed by atoms with Gasteiger partial charge in [0.1, 0.15) is 53.2 Å². The Kier molecular flexibility index (Phi) is 7.57. The van der Waals surface area contributed by atoms with Crippen LogP contribution in [-0.2, 0) is 36.7 Å². The molecular formula is C20H23N9O9P2S3. The summed E-state index contributed by atoms with van der Waals surface area (Å²) in [5.41, 5.74) is 12.8. The van der Waals surface area contributed by atoms with E-state index in [9.17, 15) is 13.9 Å². The molecule has 0 saturated carbocycles. The van der Waals surface area contributed by atoms with Crippen LogP contribution in [0.15, 0.2) is 23.8 Å². The van der Waals surface area contributed by atoms with Crippen molar-refractivity contribution < 1.29 is 36.7 Å². The lowest BCUT2D eigenvalue weighted by Gasteiger charge is -2.25. The molecule has 4 aromatic rings. The molecule has 18 nitrogen and oxygen atoms in total. The van der Waals surface area contributed by atoms with Crippen LogP contribution >= 0.6 is 49.4 Å². The molecule has 0 aliphatic carbocycles. The van der Waals surface area contributed by atoms with Crippen LogP contribution in [0.25, 0.3) is 21.5 Å². The Labute approximate surface area is 255 Å². The van der Waals surface area contributed by atoms with Crippen molar-refractivity contribution >= 4 is 82.6 Å². The number of anilines is 2. The fourth-order valence-corrected chi connectivity index (χ4v) is 9.10. The molecule has 4 aromatic heterocycles. The SMILES string of the molecule is Nc1ncnc2c1ncn2[C@H]1CC2O[P@@](=O)(S)OCC3C[C@@H](O[P@@](=O)(S)OC[C@H]2O1)[C@H](n1c(=O)sc2c(N)ncnc21)O3. The Balaban J connectivity index is 1.18. The summed E-state index contributed by atoms with van der Waals surface area (Å²) in [5, 5.41) is 0. The Bertz CT molecular complexity index is 1870. The van der Waals surface area contributed by atoms with Crippen LogP contribution in [0.1, 0.15) is 25.3 Å². The minimum absolute atomic E-state index is 0.0703. The van der Waals surface area contributed by atoms with Crippen molar-refractivity contribution in [2.24, 2.45) is 0 Å². The summed E-state index contributed by atoms with van der Waals surface area (Å²) in [6.07, 6.45) is -1.23. The van der Waals surface area contributed by atoms with Gasteiger partial charge in [-0.3, -0.25) is 32.0 Å². The van der Waals surface area contributed by atoms with Gasteiger partial charge in [-0.05, 0) is 0 Å². The molecule has 7 rings (SSSR count). The predicted octanol–water partition coefficient (Wildman–Crippen LogP) is 2.33. The number of nitrogens with zero attached hydrogens (tertiary/aromatic N) is 7. The van der Waals surface area contributed by atoms with E-state index in [1.807, 2.05) is 0 Å². The van der Waals surface area contributed by atoms with Gasteiger partial charge in [0.25, 0.3) is 0 Å². The maximum Gasteiger partial charge on any atom is 0.386 e. The smallest absolute Gasteiger partial charge is 0.382 e. The second-order valence-electron chi connectivity index (χ2n) is 9.80. The van der Waals surface area contributed by atoms with Gasteiger partial charge in [-0.2, -0.15) is 0 Å². The maximum absolute atomic E-state index is 13.5. The van der Waals surface area contributed by atoms with Crippen molar-refractivity contribution in [3.05, 3.63) is 28.6 Å². The monoisotopic (exact) mass is 691 g/mol. The highest BCUT2D eigenvalue weighted by molar-refractivity contribution is 8.44. The summed E-state index contributed by atoms with van der Waals surface area (Å²) in [5.74, 6) is 0.304. The van der Waals surface area contributed by atoms with E-state index in [4.69, 9.17) is 39.0 Å². The third kappa shape index (κ3) is 5.61. The molecule has 23 heteroatoms. The number of imidazole rings is 1. The number of hydrogen-bond acceptors (Lipinski definition) is 17. The van der Waals surface area contributed by atoms with Crippen LogP contribution < -0.4 is 16.3 Å². The number of ether oxygens (including phenoxy) is 2. The molecule has 3 aliphatic rings. The number of fused-ring (bicyclic) bond motifs is 5. The number of nitrogens with two attached hydrogens (primary N) is 2. The first-order chi connectivity index (χ1) is 20.5. The fourth-order valence-electron chi connectivity index (χ4n) is 5.20. The van der Waals surface area contributed by atoms with Crippen LogP contribution in [0, 0.1) is 0 Å². The molecule has 43 heavy (non-hydrogen) atoms. The second-order valence-corrected chi connectivity index (χ2v) is 16.5. The first-order valence-electron chi connectivity index (χ1n) is 12.6. The fraction of sp³-hybridized carbons (Fsp3) is 0.500. The highest BCUT2D eigenvalue weighted by Crippen LogP contribution is 2.60. The zero-order valence-corrected chi connectivity index (χ0v) is 26.1. The van der Waals surface area contributed by atoms with E-state index in [1.165, 1.54) is 23.5 Å². The van der Waals surface area contributed by atoms with Gasteiger partial charge >= 0.3 is 18.5 Å². The van der Waals surface area contributed by atoms with Gasteiger partial charge in [0.05, 0.1) is 25.6 Å². The molecule has 8 atom stereocenters. The molecule has 0 aromatic carbocycles. The summed E-state index contributed by atoms with van der Waals surface area (Å²) in [6.45, 7) is -8.71. The molecule has 0 amide bonds. The molecule has 2 bridgehead atoms. The molecule has 0 spiro atoms. The first kappa shape index (κ1) is 29.5. The van der Waals surface area contributed by atoms with Gasteiger partial charge in [0.15, 0.2) is 23.3 Å². The number of aromatic nitrogens is 7. The lowest BCUT2D eigenvalue weighted by Crippen LogP contribution is -2.30. The Morgan fingerprint density at radius 2 is 1.56 bits per heavy atom. The standard InChI is InChI=1S/C20H23N9O9P2S3/c21-15-13-17(25-5-23-15)28(7-27-13)12-2-9-11(36-12)4-34-40(32,42)38-10-1-8(3-33-39(31,41)37-9)35-19(10)29-18-14(43-20(29)30)16(22)24-6-26-18/h5-12,19H,1-4H2,(H,31,41)(H,32,42)(H2,21,23,25)(H2,22,24,26)/t8?,9?,10-,11-,12-,19-,39+,40+/m1/s1. The van der Waals surface area contributed by atoms with E-state index in [2.05, 4.69) is 49.4 Å². The Morgan fingerprint density at radius 3 is 2.35 bits per heavy atom. The largest absolute Gasteiger partial charge is 0.386 e. The van der Waals surface area contributed by atoms with E-state index >= 15 is 0 Å². The average molecular weight is 692 g/mol. The van der Waals surface area contributed by atoms with E-state index in [-0.39, 0.29) is 43.3 Å². The van der Waals surface area contributed by atoms with Gasteiger partial charge in [-0.1, -0.05) is 35.8 Å². The summed E-state index contributed by atoms with van der Waals surface area (Å²) >= 11 is 9.17. The zero-order valence-electron chi connectivity index (χ0n) is 21.7. The van der Waals surface area contributed by atoms with Crippen molar-refractivity contribution in [3.8, 4) is 0 Å². The highest BCUT2D eigenvalue weighted by Gasteiger charge is 2.47. The van der Waals surface area contributed by atoms with E-state index in [1.54, 1.807) is 4.57 Å². The van der Waals surface area contributed by atoms with E-state index in [0.717, 1.165) is 11.3 Å². The van der Waals surface area contributed by atoms with Gasteiger partial charge < -0.3 is 20.9 Å². The van der Waals surface area contributed by atoms with Gasteiger partial charge in [0, 0.05) is 12.8 Å². The maximum atomic E-state index is 13.5. The van der Waals surface area contributed by atoms with Crippen molar-refractivity contribution in [1.82, 2.24) is 34.1 Å². The topological polar surface area (TPSA) is 233 Å². The second kappa shape index (κ2) is 11.0. The minimum Gasteiger partial charge on any atom is -0.382 e. The molecular weight excluding hydrogens is 668 g/mol. The quantitative estimate of drug-likeness (QED) is 0.174. The highest BCUT2D eigenvalue weighted by atomic mass is 32.7. The molecule has 3 aliphatic heterocycles. The minimum atomic E-state index is -4.11. The van der Waals surface area contributed by atoms with Crippen LogP contribution in [0.3, 0.4) is 0 Å². The summed E-state index contributed by atoms with van der Waals surface area (Å²) in [4.78, 5) is 33.1. The Morgan fingerprint density at radius 1 is 0.860 bits per heavy atom. The van der Waals surface area contributed by atoms with Crippen LogP contribution in [0.5, 0.6) is 0 Å². The number of thiol groups is 2. The molecule has 0 radical (unpaired) electrons. The summed E-state index contributed by atoms with van der Waals surface area (Å²) < 4.78 is 65.1. The number of nitrogen functional groups attached to an aromatic ring is 2. The van der Waals surface area contributed by atoms with E-state index in [0.29, 0.717) is 15.9 Å². The van der Waals surface area contributed by atoms with Gasteiger partial charge in [0.2, 0.25) is 0 Å². The zero-order chi connectivity index (χ0) is 30.1. The molecule has 3 saturated heterocycles. The number of hydrogen-bond donors (Lipinski definition) is 4. The summed E-state index contributed by atoms with van der Waals surface area (Å²) in [6, 6.07) is 0. The first-order valence-corrected chi connectivity index (χ1v) is 18.9. The van der Waals surface area contributed by atoms with Crippen molar-refractivity contribution in [1.29, 1.82) is 0 Å². The molecule has 7 heterocycles. The third-order valence-corrected chi connectivity index (χ3v) is 11.3. The number of thiazole rings is 1. The lowest BCUT2D eigenvalue weighted by atomic mass is 10.2. The Hall–Kier alpha value is -2.16. The normalized spacial score (nSPS) is 35.4. The number of rotatable bonds is 2. The van der Waals surface area contributed by atoms with E-state index < -0.39 is 55.3 Å². The van der Waals surface area contributed by atoms with Gasteiger partial charge in [-0.15, -0.1) is 0 Å². The molecule has 3 fully saturated rings. The lowest BCUT2D eigenvalue weighted by molar-refractivity contribution is -0.0561. The van der Waals surface area contributed by atoms with Gasteiger partial charge in [-0.25, -0.2) is 34.0 Å². The van der Waals surface area contributed by atoms with Crippen LogP contribution in [0.2, 0.25) is 0 Å². The molecule has 4 N–H and O–H groups in total. The molecule has 230 valence electrons. The average Bonchev–Trinajstić information content (AvgIpc) is 3.71. The summed E-state index contributed by atoms with van der Waals surface area (Å²) in [7, 11) is 0.